The quantitative estimate of drug-likeness (QED) is 0.404. The van der Waals surface area contributed by atoms with Gasteiger partial charge in [0.05, 0.1) is 16.1 Å². The van der Waals surface area contributed by atoms with Crippen molar-refractivity contribution in [2.45, 2.75) is 43.5 Å². The van der Waals surface area contributed by atoms with Gasteiger partial charge in [-0.05, 0) is 63.1 Å². The van der Waals surface area contributed by atoms with Gasteiger partial charge in [0, 0.05) is 62.3 Å². The highest BCUT2D eigenvalue weighted by Crippen LogP contribution is 2.28. The molecule has 3 aromatic rings. The Morgan fingerprint density at radius 2 is 1.82 bits per heavy atom. The third-order valence-electron chi connectivity index (χ3n) is 7.91. The van der Waals surface area contributed by atoms with Crippen molar-refractivity contribution in [3.63, 3.8) is 0 Å². The highest BCUT2D eigenvalue weighted by atomic mass is 32.2. The maximum absolute atomic E-state index is 14.1. The largest absolute Gasteiger partial charge is 0.367 e. The van der Waals surface area contributed by atoms with E-state index in [2.05, 4.69) is 15.2 Å². The van der Waals surface area contributed by atoms with Crippen LogP contribution in [0.3, 0.4) is 0 Å². The maximum atomic E-state index is 14.1. The van der Waals surface area contributed by atoms with Gasteiger partial charge in [-0.3, -0.25) is 14.5 Å². The molecule has 0 spiro atoms. The number of carbonyl (C=O) groups excluding carboxylic acids is 1. The van der Waals surface area contributed by atoms with Gasteiger partial charge >= 0.3 is 0 Å². The molecule has 1 amide bonds. The van der Waals surface area contributed by atoms with E-state index in [0.29, 0.717) is 36.1 Å². The number of rotatable bonds is 8. The molecule has 0 radical (unpaired) electrons. The predicted octanol–water partition coefficient (Wildman–Crippen LogP) is 3.17. The van der Waals surface area contributed by atoms with E-state index >= 15 is 0 Å². The van der Waals surface area contributed by atoms with Crippen molar-refractivity contribution < 1.29 is 17.6 Å². The van der Waals surface area contributed by atoms with Gasteiger partial charge in [0.25, 0.3) is 5.91 Å². The van der Waals surface area contributed by atoms with Crippen LogP contribution < -0.4 is 15.8 Å². The zero-order chi connectivity index (χ0) is 28.3. The van der Waals surface area contributed by atoms with E-state index < -0.39 is 21.5 Å². The normalized spacial score (nSPS) is 19.1. The summed E-state index contributed by atoms with van der Waals surface area (Å²) in [6.45, 7) is 6.63. The second kappa shape index (κ2) is 12.1. The summed E-state index contributed by atoms with van der Waals surface area (Å²) in [5.74, 6) is -0.627. The average Bonchev–Trinajstić information content (AvgIpc) is 2.95. The smallest absolute Gasteiger partial charge is 0.252 e. The molecule has 0 aliphatic carbocycles. The number of nitrogens with one attached hydrogen (secondary N) is 2. The van der Waals surface area contributed by atoms with Crippen molar-refractivity contribution in [2.24, 2.45) is 0 Å². The van der Waals surface area contributed by atoms with E-state index in [0.717, 1.165) is 52.0 Å². The van der Waals surface area contributed by atoms with Gasteiger partial charge in [-0.2, -0.15) is 4.31 Å². The molecule has 2 aliphatic rings. The standard InChI is InChI=1S/C29H36FN5O4S/c1-21-7-4-5-14-35(21)40(38,39)22-10-11-26-23(19-22)24(20-28(36)32-26)29(37)31-12-6-13-33-15-17-34(18-16-33)27-9-3-2-8-25(27)30/h2-3,8-11,19-21H,4-7,12-18H2,1H3,(H,31,37)(H,32,36). The van der Waals surface area contributed by atoms with Crippen molar-refractivity contribution in [2.75, 3.05) is 50.7 Å². The lowest BCUT2D eigenvalue weighted by Gasteiger charge is -2.36. The second-order valence-electron chi connectivity index (χ2n) is 10.6. The first-order valence-electron chi connectivity index (χ1n) is 13.9. The molecule has 2 aromatic carbocycles. The van der Waals surface area contributed by atoms with Crippen molar-refractivity contribution >= 4 is 32.5 Å². The van der Waals surface area contributed by atoms with Gasteiger partial charge in [0.1, 0.15) is 5.82 Å². The van der Waals surface area contributed by atoms with Gasteiger partial charge in [0.15, 0.2) is 0 Å². The molecule has 0 saturated carbocycles. The monoisotopic (exact) mass is 569 g/mol. The number of fused-ring (bicyclic) bond motifs is 1. The van der Waals surface area contributed by atoms with Crippen LogP contribution in [-0.4, -0.2) is 80.4 Å². The Hall–Kier alpha value is -3.28. The number of sulfonamides is 1. The van der Waals surface area contributed by atoms with Crippen molar-refractivity contribution in [3.8, 4) is 0 Å². The average molecular weight is 570 g/mol. The number of hydrogen-bond donors (Lipinski definition) is 2. The van der Waals surface area contributed by atoms with E-state index in [1.165, 1.54) is 28.6 Å². The molecule has 2 fully saturated rings. The van der Waals surface area contributed by atoms with Crippen LogP contribution in [0.2, 0.25) is 0 Å². The topological polar surface area (TPSA) is 106 Å². The van der Waals surface area contributed by atoms with Crippen LogP contribution in [0.1, 0.15) is 43.0 Å². The van der Waals surface area contributed by atoms with Crippen LogP contribution in [0.5, 0.6) is 0 Å². The zero-order valence-electron chi connectivity index (χ0n) is 22.7. The lowest BCUT2D eigenvalue weighted by atomic mass is 10.1. The first kappa shape index (κ1) is 28.3. The number of amides is 1. The third kappa shape index (κ3) is 6.06. The molecule has 3 heterocycles. The molecule has 1 unspecified atom stereocenters. The number of carbonyl (C=O) groups is 1. The van der Waals surface area contributed by atoms with Gasteiger partial charge in [-0.25, -0.2) is 12.8 Å². The predicted molar refractivity (Wildman–Crippen MR) is 154 cm³/mol. The van der Waals surface area contributed by atoms with Crippen molar-refractivity contribution in [1.29, 1.82) is 0 Å². The van der Waals surface area contributed by atoms with E-state index in [1.54, 1.807) is 18.2 Å². The molecule has 9 nitrogen and oxygen atoms in total. The maximum Gasteiger partial charge on any atom is 0.252 e. The summed E-state index contributed by atoms with van der Waals surface area (Å²) in [7, 11) is -3.73. The van der Waals surface area contributed by atoms with E-state index in [1.807, 2.05) is 17.9 Å². The number of piperazine rings is 1. The summed E-state index contributed by atoms with van der Waals surface area (Å²) in [6.07, 6.45) is 3.34. The number of pyridine rings is 1. The molecule has 40 heavy (non-hydrogen) atoms. The fourth-order valence-electron chi connectivity index (χ4n) is 5.67. The second-order valence-corrected chi connectivity index (χ2v) is 12.5. The summed E-state index contributed by atoms with van der Waals surface area (Å²) in [6, 6.07) is 12.5. The Morgan fingerprint density at radius 1 is 1.05 bits per heavy atom. The van der Waals surface area contributed by atoms with Gasteiger partial charge in [-0.15, -0.1) is 0 Å². The van der Waals surface area contributed by atoms with Crippen LogP contribution >= 0.6 is 0 Å². The molecular weight excluding hydrogens is 533 g/mol. The first-order valence-corrected chi connectivity index (χ1v) is 15.4. The SMILES string of the molecule is CC1CCCCN1S(=O)(=O)c1ccc2[nH]c(=O)cc(C(=O)NCCCN3CCN(c4ccccc4F)CC3)c2c1. The van der Waals surface area contributed by atoms with E-state index in [4.69, 9.17) is 0 Å². The van der Waals surface area contributed by atoms with Crippen LogP contribution in [0.15, 0.2) is 58.2 Å². The molecule has 5 rings (SSSR count). The number of aromatic nitrogens is 1. The Labute approximate surface area is 234 Å². The molecular formula is C29H36FN5O4S. The molecule has 2 aliphatic heterocycles. The lowest BCUT2D eigenvalue weighted by molar-refractivity contribution is 0.0953. The molecule has 2 saturated heterocycles. The van der Waals surface area contributed by atoms with E-state index in [9.17, 15) is 22.4 Å². The molecule has 1 atom stereocenters. The van der Waals surface area contributed by atoms with Gasteiger partial charge in [0.2, 0.25) is 15.6 Å². The van der Waals surface area contributed by atoms with Crippen LogP contribution in [0.25, 0.3) is 10.9 Å². The number of piperidine rings is 1. The summed E-state index contributed by atoms with van der Waals surface area (Å²) in [4.78, 5) is 32.5. The van der Waals surface area contributed by atoms with E-state index in [-0.39, 0.29) is 22.3 Å². The van der Waals surface area contributed by atoms with Gasteiger partial charge < -0.3 is 15.2 Å². The molecule has 11 heteroatoms. The fraction of sp³-hybridized carbons (Fsp3) is 0.448. The van der Waals surface area contributed by atoms with Crippen LogP contribution in [-0.2, 0) is 10.0 Å². The highest BCUT2D eigenvalue weighted by Gasteiger charge is 2.31. The number of aromatic amines is 1. The molecule has 214 valence electrons. The number of halogens is 1. The summed E-state index contributed by atoms with van der Waals surface area (Å²) in [5, 5.41) is 3.29. The van der Waals surface area contributed by atoms with Gasteiger partial charge in [-0.1, -0.05) is 18.6 Å². The summed E-state index contributed by atoms with van der Waals surface area (Å²) >= 11 is 0. The zero-order valence-corrected chi connectivity index (χ0v) is 23.6. The number of benzene rings is 2. The molecule has 1 aromatic heterocycles. The lowest BCUT2D eigenvalue weighted by Crippen LogP contribution is -2.47. The van der Waals surface area contributed by atoms with Crippen LogP contribution in [0.4, 0.5) is 10.1 Å². The minimum atomic E-state index is -3.73. The summed E-state index contributed by atoms with van der Waals surface area (Å²) in [5.41, 5.74) is 0.767. The summed E-state index contributed by atoms with van der Waals surface area (Å²) < 4.78 is 42.4. The fourth-order valence-corrected chi connectivity index (χ4v) is 7.39. The third-order valence-corrected chi connectivity index (χ3v) is 9.92. The highest BCUT2D eigenvalue weighted by molar-refractivity contribution is 7.89. The number of nitrogens with zero attached hydrogens (tertiary/aromatic N) is 3. The Balaban J connectivity index is 1.21. The molecule has 0 bridgehead atoms. The minimum absolute atomic E-state index is 0.0877. The number of para-hydroxylation sites is 1. The van der Waals surface area contributed by atoms with Crippen molar-refractivity contribution in [3.05, 3.63) is 70.3 Å². The Bertz CT molecular complexity index is 1530. The van der Waals surface area contributed by atoms with Crippen LogP contribution in [0, 0.1) is 5.82 Å². The van der Waals surface area contributed by atoms with Crippen molar-refractivity contribution in [1.82, 2.24) is 19.5 Å². The number of hydrogen-bond acceptors (Lipinski definition) is 6. The molecule has 2 N–H and O–H groups in total. The Morgan fingerprint density at radius 3 is 2.58 bits per heavy atom. The Kier molecular flexibility index (Phi) is 8.53. The minimum Gasteiger partial charge on any atom is -0.367 e. The number of H-pyrrole nitrogens is 1. The first-order chi connectivity index (χ1) is 19.2. The number of anilines is 1.